The van der Waals surface area contributed by atoms with Crippen LogP contribution in [0, 0.1) is 0 Å². The van der Waals surface area contributed by atoms with Crippen molar-refractivity contribution in [1.29, 1.82) is 0 Å². The Morgan fingerprint density at radius 2 is 2.33 bits per heavy atom. The fourth-order valence-corrected chi connectivity index (χ4v) is 2.09. The molecule has 1 amide bonds. The zero-order valence-corrected chi connectivity index (χ0v) is 11.0. The maximum absolute atomic E-state index is 12.2. The highest BCUT2D eigenvalue weighted by molar-refractivity contribution is 5.95. The summed E-state index contributed by atoms with van der Waals surface area (Å²) in [6.45, 7) is 4.81. The van der Waals surface area contributed by atoms with Crippen LogP contribution in [0.4, 0.5) is 5.69 Å². The van der Waals surface area contributed by atoms with Gasteiger partial charge in [-0.15, -0.1) is 0 Å². The minimum Gasteiger partial charge on any atom is -0.384 e. The number of carbonyl (C=O) groups excluding carboxylic acids is 1. The number of nitrogens with zero attached hydrogens (tertiary/aromatic N) is 1. The molecule has 4 heteroatoms. The van der Waals surface area contributed by atoms with Gasteiger partial charge in [-0.3, -0.25) is 4.79 Å². The zero-order valence-electron chi connectivity index (χ0n) is 11.0. The Morgan fingerprint density at radius 1 is 1.50 bits per heavy atom. The topological polar surface area (TPSA) is 41.6 Å². The summed E-state index contributed by atoms with van der Waals surface area (Å²) in [5, 5.41) is 3.29. The van der Waals surface area contributed by atoms with Crippen molar-refractivity contribution < 1.29 is 9.53 Å². The fourth-order valence-electron chi connectivity index (χ4n) is 2.09. The van der Waals surface area contributed by atoms with E-state index in [4.69, 9.17) is 4.74 Å². The molecule has 1 aliphatic rings. The molecule has 1 aromatic carbocycles. The van der Waals surface area contributed by atoms with Crippen molar-refractivity contribution in [2.45, 2.75) is 13.3 Å². The van der Waals surface area contributed by atoms with E-state index >= 15 is 0 Å². The Bertz CT molecular complexity index is 432. The van der Waals surface area contributed by atoms with Crippen molar-refractivity contribution in [3.05, 3.63) is 29.3 Å². The van der Waals surface area contributed by atoms with Gasteiger partial charge in [-0.2, -0.15) is 0 Å². The molecule has 0 bridgehead atoms. The van der Waals surface area contributed by atoms with Gasteiger partial charge in [0.2, 0.25) is 0 Å². The number of carbonyl (C=O) groups is 1. The second kappa shape index (κ2) is 5.87. The normalized spacial score (nSPS) is 13.0. The first kappa shape index (κ1) is 12.9. The van der Waals surface area contributed by atoms with Crippen LogP contribution >= 0.6 is 0 Å². The van der Waals surface area contributed by atoms with Gasteiger partial charge in [-0.1, -0.05) is 6.07 Å². The number of likely N-dealkylation sites (N-methyl/N-ethyl adjacent to an activating group) is 1. The lowest BCUT2D eigenvalue weighted by Crippen LogP contribution is -2.30. The number of amides is 1. The molecule has 1 N–H and O–H groups in total. The van der Waals surface area contributed by atoms with Crippen LogP contribution in [0.5, 0.6) is 0 Å². The largest absolute Gasteiger partial charge is 0.384 e. The van der Waals surface area contributed by atoms with Crippen molar-refractivity contribution in [3.8, 4) is 0 Å². The van der Waals surface area contributed by atoms with Gasteiger partial charge < -0.3 is 15.0 Å². The van der Waals surface area contributed by atoms with E-state index in [0.29, 0.717) is 19.8 Å². The maximum Gasteiger partial charge on any atom is 0.253 e. The first-order valence-electron chi connectivity index (χ1n) is 6.42. The van der Waals surface area contributed by atoms with E-state index in [1.165, 1.54) is 5.56 Å². The SMILES string of the molecule is CCOCCN(C)C(=O)c1ccc2c(c1)NCC2. The predicted octanol–water partition coefficient (Wildman–Crippen LogP) is 1.76. The molecule has 0 saturated carbocycles. The molecule has 1 aromatic rings. The molecule has 18 heavy (non-hydrogen) atoms. The number of nitrogens with one attached hydrogen (secondary N) is 1. The van der Waals surface area contributed by atoms with Crippen LogP contribution in [0.2, 0.25) is 0 Å². The van der Waals surface area contributed by atoms with E-state index in [2.05, 4.69) is 5.32 Å². The van der Waals surface area contributed by atoms with Crippen LogP contribution < -0.4 is 5.32 Å². The van der Waals surface area contributed by atoms with E-state index in [1.807, 2.05) is 32.2 Å². The number of rotatable bonds is 5. The lowest BCUT2D eigenvalue weighted by atomic mass is 10.1. The summed E-state index contributed by atoms with van der Waals surface area (Å²) in [5.74, 6) is 0.0474. The van der Waals surface area contributed by atoms with Crippen molar-refractivity contribution in [1.82, 2.24) is 4.90 Å². The first-order valence-corrected chi connectivity index (χ1v) is 6.42. The average molecular weight is 248 g/mol. The van der Waals surface area contributed by atoms with Gasteiger partial charge in [0.15, 0.2) is 0 Å². The average Bonchev–Trinajstić information content (AvgIpc) is 2.85. The van der Waals surface area contributed by atoms with Gasteiger partial charge in [0, 0.05) is 38.0 Å². The van der Waals surface area contributed by atoms with Gasteiger partial charge in [0.05, 0.1) is 6.61 Å². The van der Waals surface area contributed by atoms with E-state index in [1.54, 1.807) is 4.90 Å². The zero-order chi connectivity index (χ0) is 13.0. The number of ether oxygens (including phenoxy) is 1. The number of benzene rings is 1. The molecule has 98 valence electrons. The van der Waals surface area contributed by atoms with Crippen LogP contribution in [0.25, 0.3) is 0 Å². The van der Waals surface area contributed by atoms with Crippen LogP contribution in [0.1, 0.15) is 22.8 Å². The third-order valence-corrected chi connectivity index (χ3v) is 3.19. The molecule has 0 unspecified atom stereocenters. The number of fused-ring (bicyclic) bond motifs is 1. The summed E-state index contributed by atoms with van der Waals surface area (Å²) >= 11 is 0. The van der Waals surface area contributed by atoms with Gasteiger partial charge in [-0.05, 0) is 31.0 Å². The van der Waals surface area contributed by atoms with Crippen LogP contribution in [0.3, 0.4) is 0 Å². The summed E-state index contributed by atoms with van der Waals surface area (Å²) in [6, 6.07) is 5.89. The third-order valence-electron chi connectivity index (χ3n) is 3.19. The summed E-state index contributed by atoms with van der Waals surface area (Å²) in [4.78, 5) is 13.9. The molecule has 1 heterocycles. The summed E-state index contributed by atoms with van der Waals surface area (Å²) in [5.41, 5.74) is 3.13. The van der Waals surface area contributed by atoms with Gasteiger partial charge in [0.1, 0.15) is 0 Å². The Kier molecular flexibility index (Phi) is 4.20. The van der Waals surface area contributed by atoms with Crippen molar-refractivity contribution in [2.24, 2.45) is 0 Å². The third kappa shape index (κ3) is 2.82. The Hall–Kier alpha value is -1.55. The van der Waals surface area contributed by atoms with Gasteiger partial charge in [-0.25, -0.2) is 0 Å². The summed E-state index contributed by atoms with van der Waals surface area (Å²) in [7, 11) is 1.81. The van der Waals surface area contributed by atoms with Gasteiger partial charge >= 0.3 is 0 Å². The van der Waals surface area contributed by atoms with E-state index in [9.17, 15) is 4.79 Å². The van der Waals surface area contributed by atoms with Crippen molar-refractivity contribution >= 4 is 11.6 Å². The standard InChI is InChI=1S/C14H20N2O2/c1-3-18-9-8-16(2)14(17)12-5-4-11-6-7-15-13(11)10-12/h4-5,10,15H,3,6-9H2,1-2H3. The fraction of sp³-hybridized carbons (Fsp3) is 0.500. The Morgan fingerprint density at radius 3 is 3.11 bits per heavy atom. The van der Waals surface area contributed by atoms with Crippen LogP contribution in [0.15, 0.2) is 18.2 Å². The molecule has 2 rings (SSSR count). The molecule has 1 aliphatic heterocycles. The number of anilines is 1. The lowest BCUT2D eigenvalue weighted by Gasteiger charge is -2.17. The predicted molar refractivity (Wildman–Crippen MR) is 72.1 cm³/mol. The van der Waals surface area contributed by atoms with Crippen molar-refractivity contribution in [2.75, 3.05) is 38.7 Å². The first-order chi connectivity index (χ1) is 8.72. The lowest BCUT2D eigenvalue weighted by molar-refractivity contribution is 0.0710. The van der Waals surface area contributed by atoms with E-state index < -0.39 is 0 Å². The highest BCUT2D eigenvalue weighted by atomic mass is 16.5. The Balaban J connectivity index is 2.00. The van der Waals surface area contributed by atoms with Crippen LogP contribution in [-0.4, -0.2) is 44.2 Å². The highest BCUT2D eigenvalue weighted by Crippen LogP contribution is 2.23. The molecular formula is C14H20N2O2. The molecule has 0 aliphatic carbocycles. The second-order valence-corrected chi connectivity index (χ2v) is 4.47. The molecule has 0 saturated heterocycles. The summed E-state index contributed by atoms with van der Waals surface area (Å²) < 4.78 is 5.26. The molecular weight excluding hydrogens is 228 g/mol. The molecule has 0 aromatic heterocycles. The summed E-state index contributed by atoms with van der Waals surface area (Å²) in [6.07, 6.45) is 1.05. The molecule has 0 atom stereocenters. The molecule has 4 nitrogen and oxygen atoms in total. The number of hydrogen-bond acceptors (Lipinski definition) is 3. The molecule has 0 fully saturated rings. The van der Waals surface area contributed by atoms with Crippen LogP contribution in [-0.2, 0) is 11.2 Å². The van der Waals surface area contributed by atoms with E-state index in [0.717, 1.165) is 24.2 Å². The highest BCUT2D eigenvalue weighted by Gasteiger charge is 2.15. The van der Waals surface area contributed by atoms with E-state index in [-0.39, 0.29) is 5.91 Å². The Labute approximate surface area is 108 Å². The molecule has 0 radical (unpaired) electrons. The second-order valence-electron chi connectivity index (χ2n) is 4.47. The molecule has 0 spiro atoms. The number of hydrogen-bond donors (Lipinski definition) is 1. The minimum absolute atomic E-state index is 0.0474. The monoisotopic (exact) mass is 248 g/mol. The van der Waals surface area contributed by atoms with Gasteiger partial charge in [0.25, 0.3) is 5.91 Å². The quantitative estimate of drug-likeness (QED) is 0.807. The smallest absolute Gasteiger partial charge is 0.253 e. The maximum atomic E-state index is 12.2. The van der Waals surface area contributed by atoms with Crippen molar-refractivity contribution in [3.63, 3.8) is 0 Å². The minimum atomic E-state index is 0.0474.